The quantitative estimate of drug-likeness (QED) is 0.500. The molecule has 2 unspecified atom stereocenters. The van der Waals surface area contributed by atoms with E-state index in [1.165, 1.54) is 24.1 Å². The van der Waals surface area contributed by atoms with Crippen LogP contribution >= 0.6 is 12.2 Å². The summed E-state index contributed by atoms with van der Waals surface area (Å²) < 4.78 is 0. The van der Waals surface area contributed by atoms with Gasteiger partial charge in [-0.2, -0.15) is 0 Å². The highest BCUT2D eigenvalue weighted by molar-refractivity contribution is 7.80. The van der Waals surface area contributed by atoms with Crippen LogP contribution in [0.5, 0.6) is 0 Å². The van der Waals surface area contributed by atoms with Gasteiger partial charge in [0.25, 0.3) is 0 Å². The SMILES string of the molecule is CC12CCC(CC1=S)C2(C)C. The second kappa shape index (κ2) is 1.87. The Morgan fingerprint density at radius 2 is 2.00 bits per heavy atom. The number of fused-ring (bicyclic) bond motifs is 2. The number of hydrogen-bond donors (Lipinski definition) is 0. The molecule has 2 saturated carbocycles. The first-order valence-electron chi connectivity index (χ1n) is 4.52. The summed E-state index contributed by atoms with van der Waals surface area (Å²) >= 11 is 5.43. The summed E-state index contributed by atoms with van der Waals surface area (Å²) in [7, 11) is 0. The maximum Gasteiger partial charge on any atom is 0.00424 e. The van der Waals surface area contributed by atoms with E-state index in [-0.39, 0.29) is 0 Å². The van der Waals surface area contributed by atoms with Crippen LogP contribution in [-0.2, 0) is 0 Å². The Morgan fingerprint density at radius 3 is 2.18 bits per heavy atom. The van der Waals surface area contributed by atoms with Gasteiger partial charge in [-0.1, -0.05) is 33.0 Å². The molecule has 0 N–H and O–H groups in total. The lowest BCUT2D eigenvalue weighted by atomic mass is 9.71. The van der Waals surface area contributed by atoms with E-state index in [4.69, 9.17) is 12.2 Å². The van der Waals surface area contributed by atoms with Crippen molar-refractivity contribution in [1.29, 1.82) is 0 Å². The molecule has 2 aliphatic carbocycles. The smallest absolute Gasteiger partial charge is 0.00424 e. The lowest BCUT2D eigenvalue weighted by Crippen LogP contribution is -2.31. The Kier molecular flexibility index (Phi) is 1.32. The van der Waals surface area contributed by atoms with Gasteiger partial charge in [0.15, 0.2) is 0 Å². The van der Waals surface area contributed by atoms with E-state index >= 15 is 0 Å². The molecule has 2 bridgehead atoms. The molecule has 62 valence electrons. The lowest BCUT2D eigenvalue weighted by Gasteiger charge is -2.34. The highest BCUT2D eigenvalue weighted by atomic mass is 32.1. The van der Waals surface area contributed by atoms with E-state index in [9.17, 15) is 0 Å². The summed E-state index contributed by atoms with van der Waals surface area (Å²) in [5.41, 5.74) is 0.886. The monoisotopic (exact) mass is 168 g/mol. The van der Waals surface area contributed by atoms with Gasteiger partial charge >= 0.3 is 0 Å². The molecule has 2 rings (SSSR count). The number of rotatable bonds is 0. The van der Waals surface area contributed by atoms with Crippen LogP contribution in [0.1, 0.15) is 40.0 Å². The Hall–Kier alpha value is 0.0900. The van der Waals surface area contributed by atoms with E-state index in [2.05, 4.69) is 20.8 Å². The summed E-state index contributed by atoms with van der Waals surface area (Å²) in [5, 5.41) is 0. The molecule has 0 aliphatic heterocycles. The van der Waals surface area contributed by atoms with Crippen LogP contribution < -0.4 is 0 Å². The third-order valence-electron chi connectivity index (χ3n) is 4.48. The molecule has 0 amide bonds. The van der Waals surface area contributed by atoms with Gasteiger partial charge in [-0.3, -0.25) is 0 Å². The third-order valence-corrected chi connectivity index (χ3v) is 5.10. The van der Waals surface area contributed by atoms with E-state index < -0.39 is 0 Å². The fourth-order valence-electron chi connectivity index (χ4n) is 2.90. The molecule has 1 heteroatoms. The summed E-state index contributed by atoms with van der Waals surface area (Å²) in [6.07, 6.45) is 3.96. The van der Waals surface area contributed by atoms with Crippen molar-refractivity contribution in [2.24, 2.45) is 16.7 Å². The Labute approximate surface area is 74.4 Å². The average Bonchev–Trinajstić information content (AvgIpc) is 2.20. The summed E-state index contributed by atoms with van der Waals surface area (Å²) in [6, 6.07) is 0. The Morgan fingerprint density at radius 1 is 1.36 bits per heavy atom. The van der Waals surface area contributed by atoms with Crippen LogP contribution in [0.4, 0.5) is 0 Å². The van der Waals surface area contributed by atoms with Crippen molar-refractivity contribution in [3.05, 3.63) is 0 Å². The number of hydrogen-bond acceptors (Lipinski definition) is 1. The predicted octanol–water partition coefficient (Wildman–Crippen LogP) is 3.20. The Balaban J connectivity index is 2.47. The normalized spacial score (nSPS) is 46.8. The van der Waals surface area contributed by atoms with Crippen LogP contribution in [0.15, 0.2) is 0 Å². The maximum absolute atomic E-state index is 5.43. The van der Waals surface area contributed by atoms with Crippen molar-refractivity contribution in [2.45, 2.75) is 40.0 Å². The lowest BCUT2D eigenvalue weighted by molar-refractivity contribution is 0.195. The molecule has 0 spiro atoms. The van der Waals surface area contributed by atoms with Gasteiger partial charge < -0.3 is 0 Å². The fraction of sp³-hybridized carbons (Fsp3) is 0.900. The molecule has 0 nitrogen and oxygen atoms in total. The highest BCUT2D eigenvalue weighted by Crippen LogP contribution is 2.63. The van der Waals surface area contributed by atoms with Crippen molar-refractivity contribution in [2.75, 3.05) is 0 Å². The largest absolute Gasteiger partial charge is 0.0891 e. The van der Waals surface area contributed by atoms with Crippen LogP contribution in [0.25, 0.3) is 0 Å². The molecule has 0 saturated heterocycles. The van der Waals surface area contributed by atoms with E-state index in [1.807, 2.05) is 0 Å². The second-order valence-corrected chi connectivity index (χ2v) is 5.41. The van der Waals surface area contributed by atoms with Gasteiger partial charge in [-0.15, -0.1) is 0 Å². The van der Waals surface area contributed by atoms with Gasteiger partial charge in [0.05, 0.1) is 0 Å². The van der Waals surface area contributed by atoms with Crippen molar-refractivity contribution < 1.29 is 0 Å². The van der Waals surface area contributed by atoms with Crippen molar-refractivity contribution in [3.8, 4) is 0 Å². The standard InChI is InChI=1S/C10H16S/c1-9(2)7-4-5-10(9,3)8(11)6-7/h7H,4-6H2,1-3H3. The zero-order chi connectivity index (χ0) is 8.28. The zero-order valence-electron chi connectivity index (χ0n) is 7.61. The molecular weight excluding hydrogens is 152 g/mol. The summed E-state index contributed by atoms with van der Waals surface area (Å²) in [5.74, 6) is 0.889. The highest BCUT2D eigenvalue weighted by Gasteiger charge is 2.58. The van der Waals surface area contributed by atoms with E-state index in [1.54, 1.807) is 0 Å². The molecule has 2 aliphatic rings. The van der Waals surface area contributed by atoms with Gasteiger partial charge in [0.2, 0.25) is 0 Å². The summed E-state index contributed by atoms with van der Waals surface area (Å²) in [4.78, 5) is 1.35. The first-order valence-corrected chi connectivity index (χ1v) is 4.92. The molecule has 0 heterocycles. The van der Waals surface area contributed by atoms with Gasteiger partial charge in [-0.25, -0.2) is 0 Å². The molecule has 0 aromatic heterocycles. The molecule has 11 heavy (non-hydrogen) atoms. The molecule has 0 aromatic carbocycles. The van der Waals surface area contributed by atoms with E-state index in [0.717, 1.165) is 5.92 Å². The molecule has 2 atom stereocenters. The van der Waals surface area contributed by atoms with Crippen LogP contribution in [0, 0.1) is 16.7 Å². The fourth-order valence-corrected chi connectivity index (χ4v) is 3.47. The predicted molar refractivity (Wildman–Crippen MR) is 51.8 cm³/mol. The zero-order valence-corrected chi connectivity index (χ0v) is 8.42. The molecule has 0 aromatic rings. The van der Waals surface area contributed by atoms with Gasteiger partial charge in [-0.05, 0) is 35.5 Å². The van der Waals surface area contributed by atoms with Crippen LogP contribution in [-0.4, -0.2) is 4.86 Å². The Bertz CT molecular complexity index is 217. The number of thiocarbonyl (C=S) groups is 1. The van der Waals surface area contributed by atoms with E-state index in [0.29, 0.717) is 10.8 Å². The topological polar surface area (TPSA) is 0 Å². The van der Waals surface area contributed by atoms with Crippen LogP contribution in [0.2, 0.25) is 0 Å². The first kappa shape index (κ1) is 7.72. The minimum Gasteiger partial charge on any atom is -0.0891 e. The minimum absolute atomic E-state index is 0.396. The minimum atomic E-state index is 0.396. The first-order chi connectivity index (χ1) is 4.98. The van der Waals surface area contributed by atoms with Crippen molar-refractivity contribution in [1.82, 2.24) is 0 Å². The molecule has 2 fully saturated rings. The van der Waals surface area contributed by atoms with Crippen molar-refractivity contribution in [3.63, 3.8) is 0 Å². The van der Waals surface area contributed by atoms with Gasteiger partial charge in [0, 0.05) is 5.41 Å². The molecular formula is C10H16S. The van der Waals surface area contributed by atoms with Crippen LogP contribution in [0.3, 0.4) is 0 Å². The second-order valence-electron chi connectivity index (χ2n) is 4.92. The van der Waals surface area contributed by atoms with Gasteiger partial charge in [0.1, 0.15) is 0 Å². The average molecular weight is 168 g/mol. The maximum atomic E-state index is 5.43. The molecule has 0 radical (unpaired) electrons. The van der Waals surface area contributed by atoms with Crippen molar-refractivity contribution >= 4 is 17.1 Å². The third kappa shape index (κ3) is 0.683. The summed E-state index contributed by atoms with van der Waals surface area (Å²) in [6.45, 7) is 7.15.